The quantitative estimate of drug-likeness (QED) is 0.735. The maximum absolute atomic E-state index is 11.9. The highest BCUT2D eigenvalue weighted by molar-refractivity contribution is 5.86. The average molecular weight is 307 g/mol. The van der Waals surface area contributed by atoms with Gasteiger partial charge in [-0.2, -0.15) is 0 Å². The van der Waals surface area contributed by atoms with Crippen LogP contribution in [0.15, 0.2) is 24.3 Å². The van der Waals surface area contributed by atoms with E-state index in [9.17, 15) is 14.7 Å². The van der Waals surface area contributed by atoms with E-state index in [4.69, 9.17) is 4.74 Å². The topological polar surface area (TPSA) is 75.6 Å². The molecule has 1 unspecified atom stereocenters. The molecule has 5 nitrogen and oxygen atoms in total. The number of hydrogen-bond acceptors (Lipinski definition) is 3. The van der Waals surface area contributed by atoms with Gasteiger partial charge >= 0.3 is 5.97 Å². The highest BCUT2D eigenvalue weighted by Gasteiger charge is 2.33. The lowest BCUT2D eigenvalue weighted by Crippen LogP contribution is -2.52. The third kappa shape index (κ3) is 5.39. The number of hydrogen-bond donors (Lipinski definition) is 2. The summed E-state index contributed by atoms with van der Waals surface area (Å²) in [5.41, 5.74) is -0.0467. The molecule has 0 bridgehead atoms. The van der Waals surface area contributed by atoms with Crippen molar-refractivity contribution in [3.63, 3.8) is 0 Å². The number of aryl methyl sites for hydroxylation is 1. The Bertz CT molecular complexity index is 498. The lowest BCUT2D eigenvalue weighted by atomic mass is 9.96. The molecule has 1 amide bonds. The first-order chi connectivity index (χ1) is 10.4. The first kappa shape index (κ1) is 18.0. The van der Waals surface area contributed by atoms with Crippen LogP contribution in [0.5, 0.6) is 5.75 Å². The summed E-state index contributed by atoms with van der Waals surface area (Å²) in [4.78, 5) is 23.2. The van der Waals surface area contributed by atoms with E-state index in [0.29, 0.717) is 25.7 Å². The van der Waals surface area contributed by atoms with Gasteiger partial charge in [0.15, 0.2) is 0 Å². The van der Waals surface area contributed by atoms with E-state index in [2.05, 4.69) is 5.32 Å². The summed E-state index contributed by atoms with van der Waals surface area (Å²) in [5.74, 6) is -0.400. The molecule has 0 aliphatic rings. The standard InChI is InChI=1S/C17H25NO4/c1-4-12-17(2,16(20)21)18-15(19)7-5-6-13-8-10-14(22-3)11-9-13/h8-11H,4-7,12H2,1-3H3,(H,18,19)(H,20,21). The first-order valence-corrected chi connectivity index (χ1v) is 7.58. The third-order valence-corrected chi connectivity index (χ3v) is 3.67. The normalized spacial score (nSPS) is 13.2. The van der Waals surface area contributed by atoms with Crippen molar-refractivity contribution in [3.05, 3.63) is 29.8 Å². The summed E-state index contributed by atoms with van der Waals surface area (Å²) < 4.78 is 5.09. The number of carbonyl (C=O) groups is 2. The van der Waals surface area contributed by atoms with E-state index in [1.165, 1.54) is 0 Å². The van der Waals surface area contributed by atoms with Crippen molar-refractivity contribution in [2.45, 2.75) is 51.5 Å². The molecule has 122 valence electrons. The molecule has 0 heterocycles. The van der Waals surface area contributed by atoms with Crippen LogP contribution in [0.3, 0.4) is 0 Å². The second-order valence-corrected chi connectivity index (χ2v) is 5.64. The summed E-state index contributed by atoms with van der Waals surface area (Å²) in [6, 6.07) is 7.71. The zero-order chi connectivity index (χ0) is 16.6. The number of rotatable bonds is 9. The number of nitrogens with one attached hydrogen (secondary N) is 1. The monoisotopic (exact) mass is 307 g/mol. The molecule has 0 aromatic heterocycles. The number of carbonyl (C=O) groups excluding carboxylic acids is 1. The molecule has 0 spiro atoms. The Kier molecular flexibility index (Phi) is 6.89. The molecule has 0 aliphatic carbocycles. The minimum Gasteiger partial charge on any atom is -0.497 e. The van der Waals surface area contributed by atoms with Crippen molar-refractivity contribution in [1.82, 2.24) is 5.32 Å². The zero-order valence-corrected chi connectivity index (χ0v) is 13.5. The van der Waals surface area contributed by atoms with E-state index in [-0.39, 0.29) is 5.91 Å². The lowest BCUT2D eigenvalue weighted by molar-refractivity contribution is -0.147. The molecule has 5 heteroatoms. The second-order valence-electron chi connectivity index (χ2n) is 5.64. The Balaban J connectivity index is 2.43. The molecular formula is C17H25NO4. The number of aliphatic carboxylic acids is 1. The van der Waals surface area contributed by atoms with Gasteiger partial charge in [-0.15, -0.1) is 0 Å². The van der Waals surface area contributed by atoms with Crippen LogP contribution in [0, 0.1) is 0 Å². The number of carboxylic acid groups (broad SMARTS) is 1. The van der Waals surface area contributed by atoms with Crippen LogP contribution in [0.2, 0.25) is 0 Å². The van der Waals surface area contributed by atoms with Gasteiger partial charge in [-0.1, -0.05) is 25.5 Å². The molecular weight excluding hydrogens is 282 g/mol. The fourth-order valence-corrected chi connectivity index (χ4v) is 2.34. The Morgan fingerprint density at radius 3 is 2.41 bits per heavy atom. The molecule has 0 saturated heterocycles. The van der Waals surface area contributed by atoms with Gasteiger partial charge in [-0.05, 0) is 43.9 Å². The molecule has 0 aliphatic heterocycles. The molecule has 1 atom stereocenters. The van der Waals surface area contributed by atoms with E-state index >= 15 is 0 Å². The van der Waals surface area contributed by atoms with E-state index in [0.717, 1.165) is 17.7 Å². The van der Waals surface area contributed by atoms with E-state index in [1.807, 2.05) is 31.2 Å². The van der Waals surface area contributed by atoms with E-state index in [1.54, 1.807) is 14.0 Å². The summed E-state index contributed by atoms with van der Waals surface area (Å²) in [5, 5.41) is 11.9. The predicted molar refractivity (Wildman–Crippen MR) is 85.0 cm³/mol. The number of amides is 1. The van der Waals surface area contributed by atoms with Crippen molar-refractivity contribution in [1.29, 1.82) is 0 Å². The highest BCUT2D eigenvalue weighted by Crippen LogP contribution is 2.15. The molecule has 0 saturated carbocycles. The first-order valence-electron chi connectivity index (χ1n) is 7.58. The van der Waals surface area contributed by atoms with Crippen molar-refractivity contribution in [2.75, 3.05) is 7.11 Å². The molecule has 1 rings (SSSR count). The minimum absolute atomic E-state index is 0.216. The van der Waals surface area contributed by atoms with Gasteiger partial charge in [-0.25, -0.2) is 4.79 Å². The average Bonchev–Trinajstić information content (AvgIpc) is 2.48. The second kappa shape index (κ2) is 8.41. The molecule has 1 aromatic rings. The van der Waals surface area contributed by atoms with Crippen LogP contribution in [0.25, 0.3) is 0 Å². The van der Waals surface area contributed by atoms with Crippen LogP contribution >= 0.6 is 0 Å². The summed E-state index contributed by atoms with van der Waals surface area (Å²) >= 11 is 0. The number of methoxy groups -OCH3 is 1. The Morgan fingerprint density at radius 1 is 1.27 bits per heavy atom. The molecule has 2 N–H and O–H groups in total. The van der Waals surface area contributed by atoms with Crippen LogP contribution in [0.4, 0.5) is 0 Å². The molecule has 0 fully saturated rings. The van der Waals surface area contributed by atoms with Crippen LogP contribution in [-0.2, 0) is 16.0 Å². The van der Waals surface area contributed by atoms with Crippen molar-refractivity contribution < 1.29 is 19.4 Å². The maximum Gasteiger partial charge on any atom is 0.329 e. The third-order valence-electron chi connectivity index (χ3n) is 3.67. The van der Waals surface area contributed by atoms with Crippen molar-refractivity contribution in [3.8, 4) is 5.75 Å². The Hall–Kier alpha value is -2.04. The van der Waals surface area contributed by atoms with Gasteiger partial charge in [0.1, 0.15) is 11.3 Å². The highest BCUT2D eigenvalue weighted by atomic mass is 16.5. The molecule has 22 heavy (non-hydrogen) atoms. The van der Waals surface area contributed by atoms with Gasteiger partial charge < -0.3 is 15.2 Å². The van der Waals surface area contributed by atoms with E-state index < -0.39 is 11.5 Å². The van der Waals surface area contributed by atoms with Crippen molar-refractivity contribution in [2.24, 2.45) is 0 Å². The number of carboxylic acids is 1. The number of ether oxygens (including phenoxy) is 1. The Morgan fingerprint density at radius 2 is 1.91 bits per heavy atom. The Labute approximate surface area is 131 Å². The lowest BCUT2D eigenvalue weighted by Gasteiger charge is -2.25. The fraction of sp³-hybridized carbons (Fsp3) is 0.529. The minimum atomic E-state index is -1.17. The van der Waals surface area contributed by atoms with Crippen LogP contribution in [0.1, 0.15) is 45.1 Å². The molecule has 1 aromatic carbocycles. The largest absolute Gasteiger partial charge is 0.497 e. The summed E-state index contributed by atoms with van der Waals surface area (Å²) in [6.45, 7) is 3.46. The predicted octanol–water partition coefficient (Wildman–Crippen LogP) is 2.78. The van der Waals surface area contributed by atoms with Gasteiger partial charge in [0.05, 0.1) is 7.11 Å². The van der Waals surface area contributed by atoms with Gasteiger partial charge in [0.25, 0.3) is 0 Å². The maximum atomic E-state index is 11.9. The summed E-state index contributed by atoms with van der Waals surface area (Å²) in [7, 11) is 1.62. The SMILES string of the molecule is CCCC(C)(NC(=O)CCCc1ccc(OC)cc1)C(=O)O. The van der Waals surface area contributed by atoms with Crippen LogP contribution < -0.4 is 10.1 Å². The summed E-state index contributed by atoms with van der Waals surface area (Å²) in [6.07, 6.45) is 2.90. The van der Waals surface area contributed by atoms with Crippen LogP contribution in [-0.4, -0.2) is 29.6 Å². The van der Waals surface area contributed by atoms with Crippen molar-refractivity contribution >= 4 is 11.9 Å². The molecule has 0 radical (unpaired) electrons. The number of benzene rings is 1. The van der Waals surface area contributed by atoms with Gasteiger partial charge in [0, 0.05) is 6.42 Å². The fourth-order valence-electron chi connectivity index (χ4n) is 2.34. The van der Waals surface area contributed by atoms with Gasteiger partial charge in [-0.3, -0.25) is 4.79 Å². The van der Waals surface area contributed by atoms with Gasteiger partial charge in [0.2, 0.25) is 5.91 Å². The zero-order valence-electron chi connectivity index (χ0n) is 13.5. The smallest absolute Gasteiger partial charge is 0.329 e.